The molecular formula is C18H21N5. The van der Waals surface area contributed by atoms with E-state index < -0.39 is 0 Å². The predicted octanol–water partition coefficient (Wildman–Crippen LogP) is 1.62. The van der Waals surface area contributed by atoms with Gasteiger partial charge in [-0.15, -0.1) is 0 Å². The number of nitrogen functional groups attached to an aromatic ring is 1. The van der Waals surface area contributed by atoms with Gasteiger partial charge < -0.3 is 16.0 Å². The lowest BCUT2D eigenvalue weighted by Crippen LogP contribution is -2.56. The predicted molar refractivity (Wildman–Crippen MR) is 91.4 cm³/mol. The second kappa shape index (κ2) is 4.93. The number of hydrogen-bond acceptors (Lipinski definition) is 5. The summed E-state index contributed by atoms with van der Waals surface area (Å²) in [5.74, 6) is 2.24. The average Bonchev–Trinajstić information content (AvgIpc) is 2.79. The van der Waals surface area contributed by atoms with Gasteiger partial charge in [0.15, 0.2) is 0 Å². The fraction of sp³-hybridized carbons (Fsp3) is 0.444. The Morgan fingerprint density at radius 3 is 2.96 bits per heavy atom. The maximum absolute atomic E-state index is 6.08. The van der Waals surface area contributed by atoms with E-state index in [9.17, 15) is 0 Å². The van der Waals surface area contributed by atoms with Crippen molar-refractivity contribution >= 4 is 11.8 Å². The van der Waals surface area contributed by atoms with Crippen molar-refractivity contribution in [1.29, 1.82) is 0 Å². The van der Waals surface area contributed by atoms with Crippen molar-refractivity contribution in [3.05, 3.63) is 35.4 Å². The number of fused-ring (bicyclic) bond motifs is 4. The summed E-state index contributed by atoms with van der Waals surface area (Å²) < 4.78 is 0. The summed E-state index contributed by atoms with van der Waals surface area (Å²) >= 11 is 0. The summed E-state index contributed by atoms with van der Waals surface area (Å²) in [6.45, 7) is 3.27. The van der Waals surface area contributed by atoms with Crippen molar-refractivity contribution < 1.29 is 0 Å². The lowest BCUT2D eigenvalue weighted by atomic mass is 9.91. The minimum atomic E-state index is 0.393. The lowest BCUT2D eigenvalue weighted by molar-refractivity contribution is 0.361. The number of benzene rings is 1. The molecule has 2 aliphatic heterocycles. The molecule has 2 aromatic rings. The van der Waals surface area contributed by atoms with E-state index in [4.69, 9.17) is 5.73 Å². The van der Waals surface area contributed by atoms with Gasteiger partial charge in [-0.1, -0.05) is 24.3 Å². The normalized spacial score (nSPS) is 25.1. The molecule has 0 amide bonds. The van der Waals surface area contributed by atoms with E-state index in [0.717, 1.165) is 56.3 Å². The summed E-state index contributed by atoms with van der Waals surface area (Å²) in [6, 6.07) is 9.16. The molecule has 5 heteroatoms. The maximum atomic E-state index is 6.08. The lowest BCUT2D eigenvalue weighted by Gasteiger charge is -2.45. The van der Waals surface area contributed by atoms with Gasteiger partial charge in [0.05, 0.1) is 5.69 Å². The minimum Gasteiger partial charge on any atom is -0.368 e. The molecular weight excluding hydrogens is 286 g/mol. The van der Waals surface area contributed by atoms with Gasteiger partial charge in [0, 0.05) is 42.7 Å². The van der Waals surface area contributed by atoms with Crippen LogP contribution in [0.25, 0.3) is 11.3 Å². The standard InChI is InChI=1S/C18H21N5/c19-18-21-16-13-6-2-1-4-11(13)5-3-7-14(16)17(22-18)23-10-12-8-20-9-15(12)23/h1-2,4,6,12,15,20H,3,5,7-10H2,(H2,19,21,22)/t12-,15-/m1/s1. The van der Waals surface area contributed by atoms with Crippen LogP contribution in [-0.2, 0) is 12.8 Å². The van der Waals surface area contributed by atoms with E-state index in [2.05, 4.69) is 44.5 Å². The van der Waals surface area contributed by atoms with E-state index in [0.29, 0.717) is 12.0 Å². The summed E-state index contributed by atoms with van der Waals surface area (Å²) in [5, 5.41) is 3.49. The number of aromatic nitrogens is 2. The van der Waals surface area contributed by atoms with Gasteiger partial charge in [-0.3, -0.25) is 0 Å². The second-order valence-electron chi connectivity index (χ2n) is 6.88. The van der Waals surface area contributed by atoms with Gasteiger partial charge in [-0.05, 0) is 24.8 Å². The van der Waals surface area contributed by atoms with Crippen LogP contribution in [-0.4, -0.2) is 35.6 Å². The van der Waals surface area contributed by atoms with Crippen LogP contribution in [0.3, 0.4) is 0 Å². The monoisotopic (exact) mass is 307 g/mol. The van der Waals surface area contributed by atoms with Gasteiger partial charge in [-0.2, -0.15) is 4.98 Å². The zero-order valence-corrected chi connectivity index (χ0v) is 13.1. The molecule has 0 radical (unpaired) electrons. The fourth-order valence-corrected chi connectivity index (χ4v) is 4.37. The number of nitrogens with one attached hydrogen (secondary N) is 1. The third kappa shape index (κ3) is 1.96. The van der Waals surface area contributed by atoms with Crippen molar-refractivity contribution in [2.75, 3.05) is 30.3 Å². The van der Waals surface area contributed by atoms with E-state index in [1.54, 1.807) is 0 Å². The zero-order chi connectivity index (χ0) is 15.4. The van der Waals surface area contributed by atoms with Gasteiger partial charge in [0.1, 0.15) is 5.82 Å². The molecule has 1 aromatic carbocycles. The summed E-state index contributed by atoms with van der Waals surface area (Å²) in [6.07, 6.45) is 3.27. The Bertz CT molecular complexity index is 772. The molecule has 1 aliphatic carbocycles. The second-order valence-corrected chi connectivity index (χ2v) is 6.88. The van der Waals surface area contributed by atoms with Crippen LogP contribution in [0.4, 0.5) is 11.8 Å². The topological polar surface area (TPSA) is 67.1 Å². The van der Waals surface area contributed by atoms with Gasteiger partial charge in [0.25, 0.3) is 0 Å². The first kappa shape index (κ1) is 13.3. The smallest absolute Gasteiger partial charge is 0.222 e. The Hall–Kier alpha value is -2.14. The van der Waals surface area contributed by atoms with Gasteiger partial charge in [0.2, 0.25) is 5.95 Å². The quantitative estimate of drug-likeness (QED) is 0.838. The SMILES string of the molecule is Nc1nc2c(c(N3C[C@H]4CNC[C@H]43)n1)CCCc1ccccc1-2. The number of nitrogens with two attached hydrogens (primary N) is 1. The van der Waals surface area contributed by atoms with Crippen LogP contribution in [0.5, 0.6) is 0 Å². The Balaban J connectivity index is 1.66. The van der Waals surface area contributed by atoms with Crippen molar-refractivity contribution in [3.8, 4) is 11.3 Å². The van der Waals surface area contributed by atoms with Crippen LogP contribution in [0.15, 0.2) is 24.3 Å². The molecule has 0 saturated carbocycles. The van der Waals surface area contributed by atoms with Crippen LogP contribution in [0, 0.1) is 5.92 Å². The highest BCUT2D eigenvalue weighted by Crippen LogP contribution is 2.40. The largest absolute Gasteiger partial charge is 0.368 e. The Morgan fingerprint density at radius 2 is 2.04 bits per heavy atom. The van der Waals surface area contributed by atoms with Crippen molar-refractivity contribution in [1.82, 2.24) is 15.3 Å². The highest BCUT2D eigenvalue weighted by Gasteiger charge is 2.44. The Morgan fingerprint density at radius 1 is 1.13 bits per heavy atom. The molecule has 23 heavy (non-hydrogen) atoms. The van der Waals surface area contributed by atoms with Crippen molar-refractivity contribution in [3.63, 3.8) is 0 Å². The summed E-state index contributed by atoms with van der Waals surface area (Å²) in [4.78, 5) is 11.7. The minimum absolute atomic E-state index is 0.393. The molecule has 0 unspecified atom stereocenters. The molecule has 5 nitrogen and oxygen atoms in total. The van der Waals surface area contributed by atoms with Crippen LogP contribution in [0.1, 0.15) is 17.5 Å². The number of hydrogen-bond donors (Lipinski definition) is 2. The first-order valence-corrected chi connectivity index (χ1v) is 8.53. The van der Waals surface area contributed by atoms with Crippen molar-refractivity contribution in [2.45, 2.75) is 25.3 Å². The molecule has 3 aliphatic rings. The molecule has 5 rings (SSSR count). The van der Waals surface area contributed by atoms with E-state index >= 15 is 0 Å². The first-order valence-electron chi connectivity index (χ1n) is 8.53. The summed E-state index contributed by atoms with van der Waals surface area (Å²) in [7, 11) is 0. The van der Waals surface area contributed by atoms with Crippen molar-refractivity contribution in [2.24, 2.45) is 5.92 Å². The molecule has 2 atom stereocenters. The fourth-order valence-electron chi connectivity index (χ4n) is 4.37. The number of aryl methyl sites for hydroxylation is 1. The molecule has 2 fully saturated rings. The summed E-state index contributed by atoms with van der Waals surface area (Å²) in [5.41, 5.74) is 11.0. The molecule has 118 valence electrons. The zero-order valence-electron chi connectivity index (χ0n) is 13.1. The Kier molecular flexibility index (Phi) is 2.85. The number of anilines is 2. The number of nitrogens with zero attached hydrogens (tertiary/aromatic N) is 3. The average molecular weight is 307 g/mol. The van der Waals surface area contributed by atoms with Gasteiger partial charge >= 0.3 is 0 Å². The van der Waals surface area contributed by atoms with E-state index in [1.807, 2.05) is 0 Å². The van der Waals surface area contributed by atoms with Gasteiger partial charge in [-0.25, -0.2) is 4.98 Å². The molecule has 3 N–H and O–H groups in total. The maximum Gasteiger partial charge on any atom is 0.222 e. The third-order valence-electron chi connectivity index (χ3n) is 5.56. The van der Waals surface area contributed by atoms with Crippen LogP contribution in [0.2, 0.25) is 0 Å². The third-order valence-corrected chi connectivity index (χ3v) is 5.56. The first-order chi connectivity index (χ1) is 11.3. The number of rotatable bonds is 1. The van der Waals surface area contributed by atoms with E-state index in [-0.39, 0.29) is 0 Å². The molecule has 2 saturated heterocycles. The van der Waals surface area contributed by atoms with E-state index in [1.165, 1.54) is 16.7 Å². The van der Waals surface area contributed by atoms with Crippen LogP contribution < -0.4 is 16.0 Å². The molecule has 3 heterocycles. The van der Waals surface area contributed by atoms with Crippen LogP contribution >= 0.6 is 0 Å². The Labute approximate surface area is 135 Å². The molecule has 0 spiro atoms. The molecule has 0 bridgehead atoms. The molecule has 1 aromatic heterocycles. The highest BCUT2D eigenvalue weighted by atomic mass is 15.3. The highest BCUT2D eigenvalue weighted by molar-refractivity contribution is 5.74.